The zero-order valence-electron chi connectivity index (χ0n) is 12.8. The molecule has 0 saturated carbocycles. The summed E-state index contributed by atoms with van der Waals surface area (Å²) < 4.78 is 18.7. The van der Waals surface area contributed by atoms with Crippen LogP contribution in [-0.4, -0.2) is 15.9 Å². The lowest BCUT2D eigenvalue weighted by Gasteiger charge is -2.09. The Morgan fingerprint density at radius 3 is 2.80 bits per heavy atom. The van der Waals surface area contributed by atoms with E-state index in [1.54, 1.807) is 24.4 Å². The number of aromatic nitrogens is 1. The first-order valence-electron chi connectivity index (χ1n) is 7.20. The number of pyridine rings is 1. The van der Waals surface area contributed by atoms with E-state index in [0.717, 1.165) is 11.5 Å². The predicted molar refractivity (Wildman–Crippen MR) is 88.3 cm³/mol. The zero-order valence-corrected chi connectivity index (χ0v) is 12.8. The number of halogens is 1. The summed E-state index contributed by atoms with van der Waals surface area (Å²) in [6.45, 7) is -0.128. The molecule has 0 radical (unpaired) electrons. The number of para-hydroxylation sites is 1. The molecule has 1 aromatic heterocycles. The van der Waals surface area contributed by atoms with E-state index < -0.39 is 28.1 Å². The van der Waals surface area contributed by atoms with E-state index in [-0.39, 0.29) is 12.2 Å². The first-order chi connectivity index (χ1) is 12.0. The minimum atomic E-state index is -0.951. The van der Waals surface area contributed by atoms with Gasteiger partial charge in [-0.25, -0.2) is 9.18 Å². The summed E-state index contributed by atoms with van der Waals surface area (Å²) in [6, 6.07) is 10.5. The molecule has 3 aromatic rings. The number of nitrogen functional groups attached to an aromatic ring is 1. The smallest absolute Gasteiger partial charge is 0.340 e. The number of nitro benzene ring substituents is 1. The molecule has 0 unspecified atom stereocenters. The molecule has 8 heteroatoms. The van der Waals surface area contributed by atoms with Crippen molar-refractivity contribution in [2.45, 2.75) is 6.61 Å². The molecule has 0 aliphatic heterocycles. The largest absolute Gasteiger partial charge is 0.457 e. The van der Waals surface area contributed by atoms with Crippen LogP contribution < -0.4 is 5.73 Å². The molecule has 2 N–H and O–H groups in total. The fourth-order valence-electron chi connectivity index (χ4n) is 2.43. The number of nitro groups is 1. The fraction of sp³-hybridized carbons (Fsp3) is 0.0588. The third-order valence-electron chi connectivity index (χ3n) is 3.61. The van der Waals surface area contributed by atoms with Crippen molar-refractivity contribution in [3.8, 4) is 0 Å². The van der Waals surface area contributed by atoms with Crippen molar-refractivity contribution in [2.75, 3.05) is 5.73 Å². The highest BCUT2D eigenvalue weighted by Crippen LogP contribution is 2.27. The number of nitrogens with two attached hydrogens (primary N) is 1. The van der Waals surface area contributed by atoms with Crippen LogP contribution in [0.4, 0.5) is 15.8 Å². The fourth-order valence-corrected chi connectivity index (χ4v) is 2.43. The number of esters is 1. The van der Waals surface area contributed by atoms with Gasteiger partial charge in [-0.15, -0.1) is 0 Å². The minimum absolute atomic E-state index is 0.128. The number of benzene rings is 2. The quantitative estimate of drug-likeness (QED) is 0.338. The van der Waals surface area contributed by atoms with E-state index in [0.29, 0.717) is 17.1 Å². The molecule has 25 heavy (non-hydrogen) atoms. The van der Waals surface area contributed by atoms with Crippen LogP contribution in [0, 0.1) is 15.9 Å². The third kappa shape index (κ3) is 3.23. The summed E-state index contributed by atoms with van der Waals surface area (Å²) in [5, 5.41) is 11.7. The van der Waals surface area contributed by atoms with Crippen LogP contribution in [0.15, 0.2) is 48.7 Å². The van der Waals surface area contributed by atoms with Crippen LogP contribution in [0.3, 0.4) is 0 Å². The molecular formula is C17H12FN3O4. The topological polar surface area (TPSA) is 108 Å². The van der Waals surface area contributed by atoms with Gasteiger partial charge < -0.3 is 10.5 Å². The van der Waals surface area contributed by atoms with Gasteiger partial charge in [0.15, 0.2) is 0 Å². The zero-order chi connectivity index (χ0) is 18.0. The van der Waals surface area contributed by atoms with Gasteiger partial charge in [0, 0.05) is 17.1 Å². The number of nitrogens with zero attached hydrogens (tertiary/aromatic N) is 2. The molecule has 0 bridgehead atoms. The van der Waals surface area contributed by atoms with E-state index >= 15 is 0 Å². The van der Waals surface area contributed by atoms with Crippen molar-refractivity contribution in [3.63, 3.8) is 0 Å². The molecule has 0 aliphatic carbocycles. The SMILES string of the molecule is Nc1c(C(=O)OCc2cccc3cccnc23)cc(F)cc1[N+](=O)[O-]. The predicted octanol–water partition coefficient (Wildman–Crippen LogP) is 3.22. The van der Waals surface area contributed by atoms with Crippen molar-refractivity contribution >= 4 is 28.2 Å². The lowest BCUT2D eigenvalue weighted by Crippen LogP contribution is -2.11. The van der Waals surface area contributed by atoms with Crippen LogP contribution in [0.2, 0.25) is 0 Å². The number of hydrogen-bond acceptors (Lipinski definition) is 6. The molecule has 0 aliphatic rings. The Bertz CT molecular complexity index is 986. The molecule has 0 amide bonds. The van der Waals surface area contributed by atoms with Crippen LogP contribution >= 0.6 is 0 Å². The normalized spacial score (nSPS) is 10.6. The lowest BCUT2D eigenvalue weighted by atomic mass is 10.1. The highest BCUT2D eigenvalue weighted by atomic mass is 19.1. The Morgan fingerprint density at radius 2 is 2.04 bits per heavy atom. The summed E-state index contributed by atoms with van der Waals surface area (Å²) in [4.78, 5) is 26.4. The number of ether oxygens (including phenoxy) is 1. The summed E-state index contributed by atoms with van der Waals surface area (Å²) in [6.07, 6.45) is 1.61. The number of rotatable bonds is 4. The molecule has 126 valence electrons. The Labute approximate surface area is 141 Å². The van der Waals surface area contributed by atoms with Crippen molar-refractivity contribution < 1.29 is 18.8 Å². The van der Waals surface area contributed by atoms with Gasteiger partial charge in [0.25, 0.3) is 5.69 Å². The Kier molecular flexibility index (Phi) is 4.25. The van der Waals surface area contributed by atoms with E-state index in [1.165, 1.54) is 0 Å². The van der Waals surface area contributed by atoms with Crippen LogP contribution in [0.1, 0.15) is 15.9 Å². The van der Waals surface area contributed by atoms with Gasteiger partial charge in [-0.3, -0.25) is 15.1 Å². The molecular weight excluding hydrogens is 329 g/mol. The molecule has 7 nitrogen and oxygen atoms in total. The molecule has 1 heterocycles. The average molecular weight is 341 g/mol. The number of carbonyl (C=O) groups excluding carboxylic acids is 1. The van der Waals surface area contributed by atoms with E-state index in [9.17, 15) is 19.3 Å². The second-order valence-electron chi connectivity index (χ2n) is 5.21. The maximum absolute atomic E-state index is 13.5. The van der Waals surface area contributed by atoms with Crippen LogP contribution in [0.5, 0.6) is 0 Å². The lowest BCUT2D eigenvalue weighted by molar-refractivity contribution is -0.384. The van der Waals surface area contributed by atoms with Gasteiger partial charge >= 0.3 is 5.97 Å². The van der Waals surface area contributed by atoms with Gasteiger partial charge in [0.05, 0.1) is 22.1 Å². The van der Waals surface area contributed by atoms with Crippen molar-refractivity contribution in [2.24, 2.45) is 0 Å². The second-order valence-corrected chi connectivity index (χ2v) is 5.21. The van der Waals surface area contributed by atoms with Gasteiger partial charge in [-0.1, -0.05) is 24.3 Å². The molecule has 2 aromatic carbocycles. The van der Waals surface area contributed by atoms with Crippen molar-refractivity contribution in [1.82, 2.24) is 4.98 Å². The van der Waals surface area contributed by atoms with Gasteiger partial charge in [-0.2, -0.15) is 0 Å². The summed E-state index contributed by atoms with van der Waals surface area (Å²) >= 11 is 0. The minimum Gasteiger partial charge on any atom is -0.457 e. The molecule has 0 atom stereocenters. The summed E-state index contributed by atoms with van der Waals surface area (Å²) in [7, 11) is 0. The molecule has 0 saturated heterocycles. The van der Waals surface area contributed by atoms with E-state index in [4.69, 9.17) is 10.5 Å². The summed E-state index contributed by atoms with van der Waals surface area (Å²) in [5.74, 6) is -1.90. The third-order valence-corrected chi connectivity index (χ3v) is 3.61. The van der Waals surface area contributed by atoms with Crippen molar-refractivity contribution in [1.29, 1.82) is 0 Å². The Balaban J connectivity index is 1.87. The number of anilines is 1. The van der Waals surface area contributed by atoms with E-state index in [1.807, 2.05) is 12.1 Å². The first-order valence-corrected chi connectivity index (χ1v) is 7.20. The van der Waals surface area contributed by atoms with Crippen molar-refractivity contribution in [3.05, 3.63) is 75.7 Å². The highest BCUT2D eigenvalue weighted by Gasteiger charge is 2.23. The van der Waals surface area contributed by atoms with Gasteiger partial charge in [-0.05, 0) is 12.1 Å². The average Bonchev–Trinajstić information content (AvgIpc) is 2.61. The van der Waals surface area contributed by atoms with Crippen LogP contribution in [-0.2, 0) is 11.3 Å². The molecule has 3 rings (SSSR count). The Hall–Kier alpha value is -3.55. The second kappa shape index (κ2) is 6.52. The molecule has 0 fully saturated rings. The summed E-state index contributed by atoms with van der Waals surface area (Å²) in [5.41, 5.74) is 5.40. The van der Waals surface area contributed by atoms with Gasteiger partial charge in [0.2, 0.25) is 0 Å². The highest BCUT2D eigenvalue weighted by molar-refractivity contribution is 5.97. The van der Waals surface area contributed by atoms with Gasteiger partial charge in [0.1, 0.15) is 18.1 Å². The number of carbonyl (C=O) groups is 1. The van der Waals surface area contributed by atoms with Crippen LogP contribution in [0.25, 0.3) is 10.9 Å². The monoisotopic (exact) mass is 341 g/mol. The maximum atomic E-state index is 13.5. The maximum Gasteiger partial charge on any atom is 0.340 e. The molecule has 0 spiro atoms. The Morgan fingerprint density at radius 1 is 1.28 bits per heavy atom. The first kappa shape index (κ1) is 16.3. The number of fused-ring (bicyclic) bond motifs is 1. The standard InChI is InChI=1S/C17H12FN3O4/c18-12-7-13(15(19)14(8-12)21(23)24)17(22)25-9-11-4-1-3-10-5-2-6-20-16(10)11/h1-8H,9,19H2. The van der Waals surface area contributed by atoms with E-state index in [2.05, 4.69) is 4.98 Å². The number of hydrogen-bond donors (Lipinski definition) is 1.